The minimum absolute atomic E-state index is 0.602. The van der Waals surface area contributed by atoms with E-state index in [4.69, 9.17) is 5.73 Å². The van der Waals surface area contributed by atoms with Gasteiger partial charge in [-0.15, -0.1) is 5.10 Å². The molecule has 0 aliphatic rings. The maximum absolute atomic E-state index is 5.76. The largest absolute Gasteiger partial charge is 0.396 e. The predicted molar refractivity (Wildman–Crippen MR) is 48.3 cm³/mol. The van der Waals surface area contributed by atoms with Gasteiger partial charge in [-0.3, -0.25) is 0 Å². The first-order chi connectivity index (χ1) is 6.27. The zero-order valence-electron chi connectivity index (χ0n) is 7.18. The third kappa shape index (κ3) is 1.35. The number of nitrogen functional groups attached to an aromatic ring is 1. The molecule has 0 spiro atoms. The smallest absolute Gasteiger partial charge is 0.178 e. The molecule has 0 fully saturated rings. The summed E-state index contributed by atoms with van der Waals surface area (Å²) in [6.45, 7) is 1.94. The fourth-order valence-corrected chi connectivity index (χ4v) is 1.10. The molecule has 5 heteroatoms. The van der Waals surface area contributed by atoms with E-state index in [-0.39, 0.29) is 0 Å². The normalized spacial score (nSPS) is 10.2. The highest BCUT2D eigenvalue weighted by Crippen LogP contribution is 2.13. The molecule has 0 aromatic carbocycles. The van der Waals surface area contributed by atoms with Crippen LogP contribution >= 0.6 is 0 Å². The molecule has 2 heterocycles. The molecule has 0 saturated heterocycles. The van der Waals surface area contributed by atoms with Crippen LogP contribution in [-0.4, -0.2) is 20.0 Å². The van der Waals surface area contributed by atoms with Gasteiger partial charge in [0.25, 0.3) is 0 Å². The quantitative estimate of drug-likeness (QED) is 0.687. The SMILES string of the molecule is Cc1cnc(-n2ccnn2)c(N)c1. The maximum Gasteiger partial charge on any atom is 0.178 e. The minimum atomic E-state index is 0.602. The summed E-state index contributed by atoms with van der Waals surface area (Å²) >= 11 is 0. The molecule has 5 nitrogen and oxygen atoms in total. The van der Waals surface area contributed by atoms with Crippen LogP contribution in [0.3, 0.4) is 0 Å². The molecule has 0 bridgehead atoms. The number of aromatic nitrogens is 4. The van der Waals surface area contributed by atoms with E-state index in [1.165, 1.54) is 4.68 Å². The standard InChI is InChI=1S/C8H9N5/c1-6-4-7(9)8(10-5-6)13-3-2-11-12-13/h2-5H,9H2,1H3. The Morgan fingerprint density at radius 2 is 2.31 bits per heavy atom. The van der Waals surface area contributed by atoms with Gasteiger partial charge in [0, 0.05) is 6.20 Å². The van der Waals surface area contributed by atoms with E-state index in [2.05, 4.69) is 15.3 Å². The molecule has 13 heavy (non-hydrogen) atoms. The Bertz CT molecular complexity index is 406. The van der Waals surface area contributed by atoms with Crippen LogP contribution in [0.1, 0.15) is 5.56 Å². The van der Waals surface area contributed by atoms with Crippen molar-refractivity contribution < 1.29 is 0 Å². The number of anilines is 1. The van der Waals surface area contributed by atoms with Gasteiger partial charge < -0.3 is 5.73 Å². The topological polar surface area (TPSA) is 69.6 Å². The molecular weight excluding hydrogens is 166 g/mol. The van der Waals surface area contributed by atoms with Crippen molar-refractivity contribution in [3.63, 3.8) is 0 Å². The fraction of sp³-hybridized carbons (Fsp3) is 0.125. The maximum atomic E-state index is 5.76. The summed E-state index contributed by atoms with van der Waals surface area (Å²) in [4.78, 5) is 4.16. The lowest BCUT2D eigenvalue weighted by Gasteiger charge is -2.03. The highest BCUT2D eigenvalue weighted by atomic mass is 15.4. The van der Waals surface area contributed by atoms with E-state index in [9.17, 15) is 0 Å². The Morgan fingerprint density at radius 3 is 2.92 bits per heavy atom. The van der Waals surface area contributed by atoms with Crippen molar-refractivity contribution in [3.05, 3.63) is 30.2 Å². The van der Waals surface area contributed by atoms with Crippen LogP contribution in [0, 0.1) is 6.92 Å². The van der Waals surface area contributed by atoms with Crippen molar-refractivity contribution in [3.8, 4) is 5.82 Å². The molecule has 2 N–H and O–H groups in total. The van der Waals surface area contributed by atoms with Crippen molar-refractivity contribution >= 4 is 5.69 Å². The minimum Gasteiger partial charge on any atom is -0.396 e. The Balaban J connectivity index is 2.53. The summed E-state index contributed by atoms with van der Waals surface area (Å²) in [5.41, 5.74) is 7.39. The molecule has 2 aromatic rings. The molecule has 0 atom stereocenters. The van der Waals surface area contributed by atoms with Crippen LogP contribution in [-0.2, 0) is 0 Å². The number of aryl methyl sites for hydroxylation is 1. The first-order valence-corrected chi connectivity index (χ1v) is 3.86. The van der Waals surface area contributed by atoms with Gasteiger partial charge in [0.1, 0.15) is 0 Å². The van der Waals surface area contributed by atoms with E-state index < -0.39 is 0 Å². The average molecular weight is 175 g/mol. The second kappa shape index (κ2) is 2.85. The van der Waals surface area contributed by atoms with Gasteiger partial charge in [-0.1, -0.05) is 5.21 Å². The van der Waals surface area contributed by atoms with Crippen LogP contribution < -0.4 is 5.73 Å². The number of hydrogen-bond donors (Lipinski definition) is 1. The van der Waals surface area contributed by atoms with Crippen molar-refractivity contribution in [2.75, 3.05) is 5.73 Å². The van der Waals surface area contributed by atoms with Gasteiger partial charge >= 0.3 is 0 Å². The summed E-state index contributed by atoms with van der Waals surface area (Å²) in [5, 5.41) is 7.48. The average Bonchev–Trinajstić information content (AvgIpc) is 2.56. The molecule has 0 amide bonds. The summed E-state index contributed by atoms with van der Waals surface area (Å²) < 4.78 is 1.54. The highest BCUT2D eigenvalue weighted by molar-refractivity contribution is 5.53. The number of nitrogens with zero attached hydrogens (tertiary/aromatic N) is 4. The van der Waals surface area contributed by atoms with Crippen molar-refractivity contribution in [1.82, 2.24) is 20.0 Å². The number of rotatable bonds is 1. The predicted octanol–water partition coefficient (Wildman–Crippen LogP) is 0.553. The van der Waals surface area contributed by atoms with Gasteiger partial charge in [-0.2, -0.15) is 0 Å². The first-order valence-electron chi connectivity index (χ1n) is 3.86. The molecule has 0 unspecified atom stereocenters. The monoisotopic (exact) mass is 175 g/mol. The zero-order valence-corrected chi connectivity index (χ0v) is 7.18. The lowest BCUT2D eigenvalue weighted by molar-refractivity contribution is 0.783. The summed E-state index contributed by atoms with van der Waals surface area (Å²) in [6.07, 6.45) is 5.03. The van der Waals surface area contributed by atoms with E-state index in [0.717, 1.165) is 5.56 Å². The van der Waals surface area contributed by atoms with Gasteiger partial charge in [0.05, 0.1) is 18.1 Å². The number of nitrogens with two attached hydrogens (primary N) is 1. The zero-order chi connectivity index (χ0) is 9.26. The third-order valence-electron chi connectivity index (χ3n) is 1.67. The fourth-order valence-electron chi connectivity index (χ4n) is 1.10. The van der Waals surface area contributed by atoms with Gasteiger partial charge in [0.15, 0.2) is 5.82 Å². The number of pyridine rings is 1. The van der Waals surface area contributed by atoms with Crippen LogP contribution in [0.4, 0.5) is 5.69 Å². The van der Waals surface area contributed by atoms with Crippen LogP contribution in [0.25, 0.3) is 5.82 Å². The molecule has 0 aliphatic heterocycles. The van der Waals surface area contributed by atoms with Crippen molar-refractivity contribution in [1.29, 1.82) is 0 Å². The molecule has 2 aromatic heterocycles. The van der Waals surface area contributed by atoms with E-state index in [1.54, 1.807) is 18.6 Å². The van der Waals surface area contributed by atoms with Crippen LogP contribution in [0.5, 0.6) is 0 Å². The highest BCUT2D eigenvalue weighted by Gasteiger charge is 2.03. The lowest BCUT2D eigenvalue weighted by Crippen LogP contribution is -2.03. The van der Waals surface area contributed by atoms with E-state index in [0.29, 0.717) is 11.5 Å². The molecule has 0 saturated carbocycles. The number of hydrogen-bond acceptors (Lipinski definition) is 4. The second-order valence-corrected chi connectivity index (χ2v) is 2.77. The molecule has 0 radical (unpaired) electrons. The van der Waals surface area contributed by atoms with Gasteiger partial charge in [-0.05, 0) is 18.6 Å². The molecule has 0 aliphatic carbocycles. The van der Waals surface area contributed by atoms with Crippen molar-refractivity contribution in [2.45, 2.75) is 6.92 Å². The third-order valence-corrected chi connectivity index (χ3v) is 1.67. The Labute approximate surface area is 75.2 Å². The molecule has 66 valence electrons. The van der Waals surface area contributed by atoms with Gasteiger partial charge in [0.2, 0.25) is 0 Å². The van der Waals surface area contributed by atoms with E-state index in [1.807, 2.05) is 13.0 Å². The van der Waals surface area contributed by atoms with Crippen LogP contribution in [0.2, 0.25) is 0 Å². The summed E-state index contributed by atoms with van der Waals surface area (Å²) in [7, 11) is 0. The van der Waals surface area contributed by atoms with Gasteiger partial charge in [-0.25, -0.2) is 9.67 Å². The second-order valence-electron chi connectivity index (χ2n) is 2.77. The van der Waals surface area contributed by atoms with Crippen molar-refractivity contribution in [2.24, 2.45) is 0 Å². The first kappa shape index (κ1) is 7.72. The summed E-state index contributed by atoms with van der Waals surface area (Å²) in [6, 6.07) is 1.85. The molecule has 2 rings (SSSR count). The Kier molecular flexibility index (Phi) is 1.70. The molecular formula is C8H9N5. The Hall–Kier alpha value is -1.91. The van der Waals surface area contributed by atoms with Crippen LogP contribution in [0.15, 0.2) is 24.7 Å². The summed E-state index contributed by atoms with van der Waals surface area (Å²) in [5.74, 6) is 0.614. The lowest BCUT2D eigenvalue weighted by atomic mass is 10.3. The Morgan fingerprint density at radius 1 is 1.46 bits per heavy atom. The van der Waals surface area contributed by atoms with E-state index >= 15 is 0 Å².